The van der Waals surface area contributed by atoms with Crippen LogP contribution in [0, 0.1) is 29.1 Å². The zero-order chi connectivity index (χ0) is 19.9. The monoisotopic (exact) mass is 397 g/mol. The summed E-state index contributed by atoms with van der Waals surface area (Å²) in [6, 6.07) is 0. The molecule has 1 saturated heterocycles. The Hall–Kier alpha value is -0.730. The van der Waals surface area contributed by atoms with Gasteiger partial charge in [-0.25, -0.2) is 0 Å². The Kier molecular flexibility index (Phi) is 6.00. The van der Waals surface area contributed by atoms with Gasteiger partial charge in [0, 0.05) is 18.9 Å². The van der Waals surface area contributed by atoms with Gasteiger partial charge in [-0.1, -0.05) is 6.92 Å². The molecule has 4 aliphatic carbocycles. The molecule has 0 aromatic heterocycles. The average molecular weight is 398 g/mol. The van der Waals surface area contributed by atoms with Crippen molar-refractivity contribution in [3.05, 3.63) is 0 Å². The molecule has 5 aliphatic rings. The van der Waals surface area contributed by atoms with Crippen LogP contribution in [0.15, 0.2) is 0 Å². The van der Waals surface area contributed by atoms with Crippen LogP contribution in [0.1, 0.15) is 51.9 Å². The van der Waals surface area contributed by atoms with Crippen molar-refractivity contribution in [1.82, 2.24) is 5.32 Å². The van der Waals surface area contributed by atoms with Gasteiger partial charge in [0.15, 0.2) is 6.29 Å². The van der Waals surface area contributed by atoms with E-state index in [0.29, 0.717) is 13.0 Å². The Balaban J connectivity index is 1.20. The summed E-state index contributed by atoms with van der Waals surface area (Å²) in [6.07, 6.45) is 4.62. The Morgan fingerprint density at radius 2 is 1.71 bits per heavy atom. The maximum absolute atomic E-state index is 12.5. The normalized spacial score (nSPS) is 47.3. The van der Waals surface area contributed by atoms with Gasteiger partial charge in [0.25, 0.3) is 0 Å². The SMILES string of the molecule is C[C@H]1C(CO)O[C@H](OCCNC(=O)CC23CC4CC(CC(C4)C2)C3)[C@H](O)C1O. The summed E-state index contributed by atoms with van der Waals surface area (Å²) in [4.78, 5) is 12.5. The van der Waals surface area contributed by atoms with Gasteiger partial charge in [0.1, 0.15) is 6.10 Å². The van der Waals surface area contributed by atoms with Gasteiger partial charge in [0.05, 0.1) is 25.4 Å². The van der Waals surface area contributed by atoms with Crippen LogP contribution in [0.3, 0.4) is 0 Å². The molecule has 7 nitrogen and oxygen atoms in total. The fourth-order valence-corrected chi connectivity index (χ4v) is 6.69. The van der Waals surface area contributed by atoms with E-state index in [0.717, 1.165) is 17.8 Å². The van der Waals surface area contributed by atoms with Crippen molar-refractivity contribution < 1.29 is 29.6 Å². The average Bonchev–Trinajstić information content (AvgIpc) is 2.63. The van der Waals surface area contributed by atoms with Gasteiger partial charge >= 0.3 is 0 Å². The van der Waals surface area contributed by atoms with Crippen molar-refractivity contribution in [2.45, 2.75) is 76.5 Å². The summed E-state index contributed by atoms with van der Waals surface area (Å²) in [5.74, 6) is 2.21. The predicted molar refractivity (Wildman–Crippen MR) is 101 cm³/mol. The highest BCUT2D eigenvalue weighted by molar-refractivity contribution is 5.76. The number of hydrogen-bond donors (Lipinski definition) is 4. The zero-order valence-corrected chi connectivity index (χ0v) is 16.8. The first kappa shape index (κ1) is 20.5. The number of carbonyl (C=O) groups excluding carboxylic acids is 1. The van der Waals surface area contributed by atoms with Crippen LogP contribution < -0.4 is 5.32 Å². The van der Waals surface area contributed by atoms with Crippen LogP contribution in [-0.4, -0.2) is 65.6 Å². The third kappa shape index (κ3) is 4.10. The van der Waals surface area contributed by atoms with Crippen LogP contribution >= 0.6 is 0 Å². The molecule has 0 aromatic rings. The second-order valence-electron chi connectivity index (χ2n) is 9.88. The predicted octanol–water partition coefficient (Wildman–Crippen LogP) is 0.801. The lowest BCUT2D eigenvalue weighted by molar-refractivity contribution is -0.287. The number of aliphatic hydroxyl groups excluding tert-OH is 3. The maximum Gasteiger partial charge on any atom is 0.220 e. The molecule has 1 amide bonds. The zero-order valence-electron chi connectivity index (χ0n) is 16.8. The molecular weight excluding hydrogens is 362 g/mol. The van der Waals surface area contributed by atoms with Gasteiger partial charge in [-0.3, -0.25) is 4.79 Å². The van der Waals surface area contributed by atoms with E-state index in [1.807, 2.05) is 0 Å². The molecular formula is C21H35NO6. The fraction of sp³-hybridized carbons (Fsp3) is 0.952. The number of rotatable bonds is 7. The van der Waals surface area contributed by atoms with E-state index < -0.39 is 24.6 Å². The molecule has 0 radical (unpaired) electrons. The topological polar surface area (TPSA) is 108 Å². The fourth-order valence-electron chi connectivity index (χ4n) is 6.69. The highest BCUT2D eigenvalue weighted by Gasteiger charge is 2.51. The highest BCUT2D eigenvalue weighted by Crippen LogP contribution is 2.61. The lowest BCUT2D eigenvalue weighted by Gasteiger charge is -2.56. The summed E-state index contributed by atoms with van der Waals surface area (Å²) in [7, 11) is 0. The van der Waals surface area contributed by atoms with Crippen molar-refractivity contribution in [2.24, 2.45) is 29.1 Å². The molecule has 7 heteroatoms. The second-order valence-corrected chi connectivity index (χ2v) is 9.88. The third-order valence-electron chi connectivity index (χ3n) is 7.65. The molecule has 5 rings (SSSR count). The lowest BCUT2D eigenvalue weighted by atomic mass is 9.49. The molecule has 1 aliphatic heterocycles. The largest absolute Gasteiger partial charge is 0.394 e. The Morgan fingerprint density at radius 1 is 1.11 bits per heavy atom. The van der Waals surface area contributed by atoms with Crippen molar-refractivity contribution in [3.63, 3.8) is 0 Å². The molecule has 28 heavy (non-hydrogen) atoms. The molecule has 0 spiro atoms. The summed E-state index contributed by atoms with van der Waals surface area (Å²) in [5, 5.41) is 32.5. The summed E-state index contributed by atoms with van der Waals surface area (Å²) in [5.41, 5.74) is 0.219. The maximum atomic E-state index is 12.5. The first-order valence-electron chi connectivity index (χ1n) is 10.9. The third-order valence-corrected chi connectivity index (χ3v) is 7.65. The molecule has 1 heterocycles. The Morgan fingerprint density at radius 3 is 2.29 bits per heavy atom. The smallest absolute Gasteiger partial charge is 0.220 e. The number of amides is 1. The summed E-state index contributed by atoms with van der Waals surface area (Å²) < 4.78 is 11.1. The molecule has 5 atom stereocenters. The van der Waals surface area contributed by atoms with Gasteiger partial charge in [-0.05, 0) is 61.7 Å². The number of nitrogens with one attached hydrogen (secondary N) is 1. The van der Waals surface area contributed by atoms with E-state index in [1.54, 1.807) is 6.92 Å². The number of ether oxygens (including phenoxy) is 2. The van der Waals surface area contributed by atoms with Gasteiger partial charge < -0.3 is 30.1 Å². The molecule has 5 fully saturated rings. The Labute approximate surface area is 166 Å². The minimum atomic E-state index is -1.17. The van der Waals surface area contributed by atoms with E-state index in [1.165, 1.54) is 38.5 Å². The van der Waals surface area contributed by atoms with E-state index in [2.05, 4.69) is 5.32 Å². The number of carbonyl (C=O) groups is 1. The van der Waals surface area contributed by atoms with Crippen molar-refractivity contribution in [1.29, 1.82) is 0 Å². The number of hydrogen-bond acceptors (Lipinski definition) is 6. The summed E-state index contributed by atoms with van der Waals surface area (Å²) >= 11 is 0. The van der Waals surface area contributed by atoms with Crippen LogP contribution in [-0.2, 0) is 14.3 Å². The van der Waals surface area contributed by atoms with Crippen molar-refractivity contribution >= 4 is 5.91 Å². The van der Waals surface area contributed by atoms with E-state index in [9.17, 15) is 20.1 Å². The highest BCUT2D eigenvalue weighted by atomic mass is 16.7. The van der Waals surface area contributed by atoms with Crippen LogP contribution in [0.2, 0.25) is 0 Å². The first-order valence-corrected chi connectivity index (χ1v) is 10.9. The van der Waals surface area contributed by atoms with Gasteiger partial charge in [-0.2, -0.15) is 0 Å². The first-order chi connectivity index (χ1) is 13.4. The van der Waals surface area contributed by atoms with Crippen LogP contribution in [0.4, 0.5) is 0 Å². The Bertz CT molecular complexity index is 532. The van der Waals surface area contributed by atoms with E-state index >= 15 is 0 Å². The van der Waals surface area contributed by atoms with Crippen LogP contribution in [0.5, 0.6) is 0 Å². The van der Waals surface area contributed by atoms with Gasteiger partial charge in [-0.15, -0.1) is 0 Å². The quantitative estimate of drug-likeness (QED) is 0.473. The van der Waals surface area contributed by atoms with Crippen molar-refractivity contribution in [2.75, 3.05) is 19.8 Å². The number of aliphatic hydroxyl groups is 3. The standard InChI is InChI=1S/C21H35NO6/c1-12-16(11-23)28-20(19(26)18(12)25)27-3-2-22-17(24)10-21-7-13-4-14(8-21)6-15(5-13)9-21/h12-16,18-20,23,25-26H,2-11H2,1H3,(H,22,24)/t12-,13?,14?,15?,16?,18?,19+,20-,21?/m0/s1. The minimum absolute atomic E-state index is 0.0811. The van der Waals surface area contributed by atoms with Crippen molar-refractivity contribution in [3.8, 4) is 0 Å². The molecule has 4 saturated carbocycles. The molecule has 4 bridgehead atoms. The second kappa shape index (κ2) is 8.19. The molecule has 160 valence electrons. The minimum Gasteiger partial charge on any atom is -0.394 e. The lowest BCUT2D eigenvalue weighted by Crippen LogP contribution is -2.55. The molecule has 2 unspecified atom stereocenters. The van der Waals surface area contributed by atoms with Crippen LogP contribution in [0.25, 0.3) is 0 Å². The van der Waals surface area contributed by atoms with E-state index in [4.69, 9.17) is 9.47 Å². The van der Waals surface area contributed by atoms with Gasteiger partial charge in [0.2, 0.25) is 5.91 Å². The van der Waals surface area contributed by atoms with E-state index in [-0.39, 0.29) is 30.5 Å². The summed E-state index contributed by atoms with van der Waals surface area (Å²) in [6.45, 7) is 2.00. The molecule has 4 N–H and O–H groups in total. The molecule has 0 aromatic carbocycles.